The van der Waals surface area contributed by atoms with Crippen LogP contribution in [0.1, 0.15) is 33.5 Å². The average molecular weight is 506 g/mol. The van der Waals surface area contributed by atoms with Crippen molar-refractivity contribution in [2.75, 3.05) is 5.32 Å². The van der Waals surface area contributed by atoms with Gasteiger partial charge in [-0.2, -0.15) is 0 Å². The lowest BCUT2D eigenvalue weighted by atomic mass is 10.1. The van der Waals surface area contributed by atoms with Crippen molar-refractivity contribution in [1.29, 1.82) is 0 Å². The van der Waals surface area contributed by atoms with Gasteiger partial charge in [-0.05, 0) is 90.6 Å². The van der Waals surface area contributed by atoms with Gasteiger partial charge in [0.1, 0.15) is 0 Å². The van der Waals surface area contributed by atoms with Crippen LogP contribution < -0.4 is 10.9 Å². The molecule has 0 fully saturated rings. The number of aryl methyl sites for hydroxylation is 2. The number of rotatable bonds is 4. The molecule has 4 aromatic rings. The normalized spacial score (nSPS) is 12.7. The van der Waals surface area contributed by atoms with Gasteiger partial charge in [-0.25, -0.2) is 0 Å². The second kappa shape index (κ2) is 8.48. The standard InChI is InChI=1S/C25H20BrN3O2S/c26-19-8-4-15(5-9-19)14-29-24(31)21-11-7-18(13-22(21)28-25(29)32)23(30)27-20-10-6-16-2-1-3-17(16)12-20/h4-13H,1-3,14H2,(H,27,30)(H,28,32). The van der Waals surface area contributed by atoms with E-state index in [1.54, 1.807) is 18.2 Å². The molecule has 2 N–H and O–H groups in total. The Balaban J connectivity index is 1.43. The minimum Gasteiger partial charge on any atom is -0.332 e. The number of H-pyrrole nitrogens is 1. The maximum absolute atomic E-state index is 13.1. The SMILES string of the molecule is O=C(Nc1ccc2c(c1)CCC2)c1ccc2c(=O)n(Cc3ccc(Br)cc3)c(=S)[nH]c2c1. The van der Waals surface area contributed by atoms with Crippen LogP contribution in [0.2, 0.25) is 0 Å². The number of carbonyl (C=O) groups excluding carboxylic acids is 1. The molecule has 5 nitrogen and oxygen atoms in total. The molecular formula is C25H20BrN3O2S. The van der Waals surface area contributed by atoms with Gasteiger partial charge in [-0.1, -0.05) is 34.1 Å². The molecule has 0 spiro atoms. The van der Waals surface area contributed by atoms with E-state index in [4.69, 9.17) is 12.2 Å². The van der Waals surface area contributed by atoms with Crippen molar-refractivity contribution in [3.63, 3.8) is 0 Å². The minimum atomic E-state index is -0.219. The lowest BCUT2D eigenvalue weighted by Gasteiger charge is -2.10. The smallest absolute Gasteiger partial charge is 0.262 e. The first-order chi connectivity index (χ1) is 15.5. The third kappa shape index (κ3) is 4.06. The highest BCUT2D eigenvalue weighted by Gasteiger charge is 2.14. The molecule has 5 rings (SSSR count). The number of aromatic amines is 1. The average Bonchev–Trinajstić information content (AvgIpc) is 3.25. The first-order valence-electron chi connectivity index (χ1n) is 10.4. The number of hydrogen-bond acceptors (Lipinski definition) is 3. The summed E-state index contributed by atoms with van der Waals surface area (Å²) in [6.45, 7) is 0.373. The molecule has 3 aromatic carbocycles. The fourth-order valence-corrected chi connectivity index (χ4v) is 4.69. The van der Waals surface area contributed by atoms with Gasteiger partial charge in [-0.15, -0.1) is 0 Å². The Labute approximate surface area is 198 Å². The van der Waals surface area contributed by atoms with E-state index >= 15 is 0 Å². The number of carbonyl (C=O) groups is 1. The topological polar surface area (TPSA) is 66.9 Å². The molecule has 1 heterocycles. The molecule has 1 amide bonds. The molecule has 0 radical (unpaired) electrons. The van der Waals surface area contributed by atoms with Gasteiger partial charge < -0.3 is 10.3 Å². The predicted octanol–water partition coefficient (Wildman–Crippen LogP) is 5.61. The van der Waals surface area contributed by atoms with Crippen molar-refractivity contribution in [2.45, 2.75) is 25.8 Å². The van der Waals surface area contributed by atoms with Gasteiger partial charge in [0.2, 0.25) is 0 Å². The Bertz CT molecular complexity index is 1470. The first kappa shape index (κ1) is 20.8. The van der Waals surface area contributed by atoms with Gasteiger partial charge in [0.05, 0.1) is 17.4 Å². The Hall–Kier alpha value is -3.03. The third-order valence-electron chi connectivity index (χ3n) is 5.85. The Morgan fingerprint density at radius 1 is 1.03 bits per heavy atom. The number of fused-ring (bicyclic) bond motifs is 2. The van der Waals surface area contributed by atoms with E-state index in [9.17, 15) is 9.59 Å². The largest absolute Gasteiger partial charge is 0.332 e. The second-order valence-electron chi connectivity index (χ2n) is 8.00. The van der Waals surface area contributed by atoms with Crippen molar-refractivity contribution in [3.8, 4) is 0 Å². The van der Waals surface area contributed by atoms with Crippen molar-refractivity contribution >= 4 is 50.6 Å². The molecule has 0 saturated carbocycles. The quantitative estimate of drug-likeness (QED) is 0.354. The molecule has 0 unspecified atom stereocenters. The van der Waals surface area contributed by atoms with Crippen LogP contribution in [-0.2, 0) is 19.4 Å². The molecular weight excluding hydrogens is 486 g/mol. The number of halogens is 1. The Kier molecular flexibility index (Phi) is 5.53. The maximum Gasteiger partial charge on any atom is 0.262 e. The van der Waals surface area contributed by atoms with Crippen LogP contribution in [0.4, 0.5) is 5.69 Å². The minimum absolute atomic E-state index is 0.183. The van der Waals surface area contributed by atoms with E-state index in [0.717, 1.165) is 35.0 Å². The molecule has 0 bridgehead atoms. The molecule has 7 heteroatoms. The Morgan fingerprint density at radius 3 is 2.62 bits per heavy atom. The molecule has 0 atom stereocenters. The lowest BCUT2D eigenvalue weighted by molar-refractivity contribution is 0.102. The number of benzene rings is 3. The predicted molar refractivity (Wildman–Crippen MR) is 133 cm³/mol. The van der Waals surface area contributed by atoms with Crippen LogP contribution in [-0.4, -0.2) is 15.5 Å². The number of amides is 1. The first-order valence-corrected chi connectivity index (χ1v) is 11.6. The van der Waals surface area contributed by atoms with Crippen LogP contribution in [0.3, 0.4) is 0 Å². The monoisotopic (exact) mass is 505 g/mol. The highest BCUT2D eigenvalue weighted by Crippen LogP contribution is 2.25. The van der Waals surface area contributed by atoms with Crippen molar-refractivity contribution in [3.05, 3.63) is 103 Å². The van der Waals surface area contributed by atoms with E-state index in [1.165, 1.54) is 15.7 Å². The summed E-state index contributed by atoms with van der Waals surface area (Å²) in [6, 6.07) is 18.9. The van der Waals surface area contributed by atoms with Crippen molar-refractivity contribution in [2.24, 2.45) is 0 Å². The summed E-state index contributed by atoms with van der Waals surface area (Å²) in [5.41, 5.74) is 5.25. The van der Waals surface area contributed by atoms with E-state index in [-0.39, 0.29) is 11.5 Å². The zero-order chi connectivity index (χ0) is 22.2. The number of anilines is 1. The summed E-state index contributed by atoms with van der Waals surface area (Å²) in [5, 5.41) is 3.45. The van der Waals surface area contributed by atoms with Crippen LogP contribution in [0.5, 0.6) is 0 Å². The fourth-order valence-electron chi connectivity index (χ4n) is 4.16. The zero-order valence-corrected chi connectivity index (χ0v) is 19.6. The molecule has 160 valence electrons. The molecule has 1 aliphatic carbocycles. The van der Waals surface area contributed by atoms with Crippen LogP contribution in [0, 0.1) is 4.77 Å². The zero-order valence-electron chi connectivity index (χ0n) is 17.2. The van der Waals surface area contributed by atoms with Gasteiger partial charge in [0.25, 0.3) is 11.5 Å². The van der Waals surface area contributed by atoms with Gasteiger partial charge >= 0.3 is 0 Å². The van der Waals surface area contributed by atoms with Gasteiger partial charge in [0, 0.05) is 15.7 Å². The maximum atomic E-state index is 13.1. The van der Waals surface area contributed by atoms with Crippen molar-refractivity contribution < 1.29 is 4.79 Å². The number of aromatic nitrogens is 2. The van der Waals surface area contributed by atoms with Gasteiger partial charge in [-0.3, -0.25) is 14.2 Å². The summed E-state index contributed by atoms with van der Waals surface area (Å²) in [4.78, 5) is 29.0. The summed E-state index contributed by atoms with van der Waals surface area (Å²) in [6.07, 6.45) is 3.32. The van der Waals surface area contributed by atoms with E-state index in [0.29, 0.717) is 27.8 Å². The van der Waals surface area contributed by atoms with E-state index < -0.39 is 0 Å². The second-order valence-corrected chi connectivity index (χ2v) is 9.30. The highest BCUT2D eigenvalue weighted by molar-refractivity contribution is 9.10. The van der Waals surface area contributed by atoms with E-state index in [2.05, 4.69) is 38.4 Å². The molecule has 0 saturated heterocycles. The number of nitrogens with one attached hydrogen (secondary N) is 2. The van der Waals surface area contributed by atoms with Gasteiger partial charge in [0.15, 0.2) is 4.77 Å². The van der Waals surface area contributed by atoms with E-state index in [1.807, 2.05) is 30.3 Å². The summed E-state index contributed by atoms with van der Waals surface area (Å²) >= 11 is 8.87. The fraction of sp³-hybridized carbons (Fsp3) is 0.160. The molecule has 1 aromatic heterocycles. The lowest BCUT2D eigenvalue weighted by Crippen LogP contribution is -2.23. The molecule has 1 aliphatic rings. The third-order valence-corrected chi connectivity index (χ3v) is 6.71. The molecule has 0 aliphatic heterocycles. The molecule has 32 heavy (non-hydrogen) atoms. The van der Waals surface area contributed by atoms with Crippen LogP contribution in [0.15, 0.2) is 69.9 Å². The summed E-state index contributed by atoms with van der Waals surface area (Å²) in [7, 11) is 0. The summed E-state index contributed by atoms with van der Waals surface area (Å²) < 4.78 is 2.83. The van der Waals surface area contributed by atoms with Crippen LogP contribution in [0.25, 0.3) is 10.9 Å². The number of nitrogens with zero attached hydrogens (tertiary/aromatic N) is 1. The summed E-state index contributed by atoms with van der Waals surface area (Å²) in [5.74, 6) is -0.219. The highest BCUT2D eigenvalue weighted by atomic mass is 79.9. The Morgan fingerprint density at radius 2 is 1.81 bits per heavy atom. The number of hydrogen-bond donors (Lipinski definition) is 2. The van der Waals surface area contributed by atoms with Crippen molar-refractivity contribution in [1.82, 2.24) is 9.55 Å². The van der Waals surface area contributed by atoms with Crippen LogP contribution >= 0.6 is 28.1 Å².